The molecule has 1 aliphatic heterocycles. The van der Waals surface area contributed by atoms with Crippen LogP contribution in [-0.2, 0) is 20.7 Å². The van der Waals surface area contributed by atoms with E-state index in [4.69, 9.17) is 4.74 Å². The van der Waals surface area contributed by atoms with Crippen LogP contribution in [0.1, 0.15) is 19.4 Å². The van der Waals surface area contributed by atoms with E-state index in [-0.39, 0.29) is 24.2 Å². The molecule has 0 radical (unpaired) electrons. The van der Waals surface area contributed by atoms with E-state index in [1.165, 1.54) is 6.07 Å². The van der Waals surface area contributed by atoms with Gasteiger partial charge in [0.2, 0.25) is 11.8 Å². The fourth-order valence-electron chi connectivity index (χ4n) is 3.41. The number of carbonyl (C=O) groups excluding carboxylic acids is 2. The van der Waals surface area contributed by atoms with Crippen molar-refractivity contribution in [3.8, 4) is 0 Å². The summed E-state index contributed by atoms with van der Waals surface area (Å²) in [4.78, 5) is 27.1. The molecule has 0 bridgehead atoms. The Morgan fingerprint density at radius 3 is 2.43 bits per heavy atom. The van der Waals surface area contributed by atoms with E-state index in [9.17, 15) is 14.0 Å². The molecule has 0 saturated carbocycles. The molecule has 2 amide bonds. The maximum atomic E-state index is 14.6. The Bertz CT molecular complexity index is 867. The minimum Gasteiger partial charge on any atom is -0.378 e. The van der Waals surface area contributed by atoms with Crippen molar-refractivity contribution in [1.82, 2.24) is 5.32 Å². The van der Waals surface area contributed by atoms with Gasteiger partial charge >= 0.3 is 0 Å². The number of morpholine rings is 1. The molecule has 1 atom stereocenters. The van der Waals surface area contributed by atoms with Crippen LogP contribution < -0.4 is 15.5 Å². The number of nitrogens with zero attached hydrogens (tertiary/aromatic N) is 1. The maximum Gasteiger partial charge on any atom is 0.247 e. The van der Waals surface area contributed by atoms with Crippen molar-refractivity contribution in [2.24, 2.45) is 5.92 Å². The fraction of sp³-hybridized carbons (Fsp3) is 0.391. The van der Waals surface area contributed by atoms with Gasteiger partial charge in [0.05, 0.1) is 25.3 Å². The molecule has 3 rings (SSSR count). The number of benzene rings is 2. The SMILES string of the molecule is CC(C)C(NC(=O)Cc1ccccc1)C(=O)Nc1ccc(N2CCOCC2)c(F)c1. The van der Waals surface area contributed by atoms with Crippen molar-refractivity contribution in [1.29, 1.82) is 0 Å². The van der Waals surface area contributed by atoms with E-state index in [0.717, 1.165) is 5.56 Å². The van der Waals surface area contributed by atoms with Gasteiger partial charge in [-0.1, -0.05) is 44.2 Å². The van der Waals surface area contributed by atoms with Gasteiger partial charge in [0.15, 0.2) is 0 Å². The number of rotatable bonds is 7. The lowest BCUT2D eigenvalue weighted by Crippen LogP contribution is -2.47. The second kappa shape index (κ2) is 10.2. The van der Waals surface area contributed by atoms with E-state index < -0.39 is 11.9 Å². The third kappa shape index (κ3) is 5.79. The molecule has 1 fully saturated rings. The number of anilines is 2. The van der Waals surface area contributed by atoms with Crippen molar-refractivity contribution in [2.75, 3.05) is 36.5 Å². The highest BCUT2D eigenvalue weighted by molar-refractivity contribution is 5.97. The fourth-order valence-corrected chi connectivity index (χ4v) is 3.41. The lowest BCUT2D eigenvalue weighted by molar-refractivity contribution is -0.127. The van der Waals surface area contributed by atoms with E-state index in [1.54, 1.807) is 12.1 Å². The molecule has 0 aliphatic carbocycles. The molecule has 160 valence electrons. The van der Waals surface area contributed by atoms with Gasteiger partial charge in [0.1, 0.15) is 11.9 Å². The average Bonchev–Trinajstić information content (AvgIpc) is 2.73. The molecule has 1 heterocycles. The van der Waals surface area contributed by atoms with Crippen LogP contribution in [-0.4, -0.2) is 44.2 Å². The number of carbonyl (C=O) groups is 2. The molecular weight excluding hydrogens is 385 g/mol. The lowest BCUT2D eigenvalue weighted by atomic mass is 10.0. The first kappa shape index (κ1) is 21.8. The first-order chi connectivity index (χ1) is 14.4. The Morgan fingerprint density at radius 2 is 1.80 bits per heavy atom. The largest absolute Gasteiger partial charge is 0.378 e. The van der Waals surface area contributed by atoms with Gasteiger partial charge in [0, 0.05) is 18.8 Å². The Hall–Kier alpha value is -2.93. The molecule has 0 aromatic heterocycles. The summed E-state index contributed by atoms with van der Waals surface area (Å²) in [6.07, 6.45) is 0.195. The highest BCUT2D eigenvalue weighted by Crippen LogP contribution is 2.24. The molecule has 1 saturated heterocycles. The summed E-state index contributed by atoms with van der Waals surface area (Å²) < 4.78 is 19.9. The zero-order valence-corrected chi connectivity index (χ0v) is 17.4. The van der Waals surface area contributed by atoms with E-state index >= 15 is 0 Å². The van der Waals surface area contributed by atoms with Crippen molar-refractivity contribution in [3.63, 3.8) is 0 Å². The van der Waals surface area contributed by atoms with Crippen molar-refractivity contribution in [2.45, 2.75) is 26.3 Å². The zero-order valence-electron chi connectivity index (χ0n) is 17.4. The van der Waals surface area contributed by atoms with Crippen molar-refractivity contribution >= 4 is 23.2 Å². The van der Waals surface area contributed by atoms with Crippen LogP contribution in [0.15, 0.2) is 48.5 Å². The molecule has 0 spiro atoms. The van der Waals surface area contributed by atoms with Gasteiger partial charge in [0.25, 0.3) is 0 Å². The van der Waals surface area contributed by atoms with Crippen molar-refractivity contribution in [3.05, 3.63) is 59.9 Å². The zero-order chi connectivity index (χ0) is 21.5. The summed E-state index contributed by atoms with van der Waals surface area (Å²) in [7, 11) is 0. The summed E-state index contributed by atoms with van der Waals surface area (Å²) in [6, 6.07) is 13.3. The smallest absolute Gasteiger partial charge is 0.247 e. The number of halogens is 1. The van der Waals surface area contributed by atoms with E-state index in [2.05, 4.69) is 10.6 Å². The van der Waals surface area contributed by atoms with Crippen LogP contribution in [0.4, 0.5) is 15.8 Å². The Labute approximate surface area is 176 Å². The number of hydrogen-bond acceptors (Lipinski definition) is 4. The van der Waals surface area contributed by atoms with Crippen LogP contribution in [0.5, 0.6) is 0 Å². The first-order valence-corrected chi connectivity index (χ1v) is 10.2. The molecule has 30 heavy (non-hydrogen) atoms. The van der Waals surface area contributed by atoms with Crippen LogP contribution >= 0.6 is 0 Å². The molecular formula is C23H28FN3O3. The predicted molar refractivity (Wildman–Crippen MR) is 115 cm³/mol. The average molecular weight is 413 g/mol. The second-order valence-corrected chi connectivity index (χ2v) is 7.71. The normalized spacial score (nSPS) is 15.0. The number of nitrogens with one attached hydrogen (secondary N) is 2. The van der Waals surface area contributed by atoms with Crippen LogP contribution in [0.3, 0.4) is 0 Å². The van der Waals surface area contributed by atoms with Gasteiger partial charge < -0.3 is 20.3 Å². The monoisotopic (exact) mass is 413 g/mol. The third-order valence-electron chi connectivity index (χ3n) is 5.04. The third-order valence-corrected chi connectivity index (χ3v) is 5.04. The number of ether oxygens (including phenoxy) is 1. The Morgan fingerprint density at radius 1 is 1.10 bits per heavy atom. The summed E-state index contributed by atoms with van der Waals surface area (Å²) >= 11 is 0. The van der Waals surface area contributed by atoms with Gasteiger partial charge in [-0.15, -0.1) is 0 Å². The minimum atomic E-state index is -0.719. The summed E-state index contributed by atoms with van der Waals surface area (Å²) in [5.41, 5.74) is 1.73. The number of hydrogen-bond donors (Lipinski definition) is 2. The molecule has 1 unspecified atom stereocenters. The van der Waals surface area contributed by atoms with Crippen LogP contribution in [0.2, 0.25) is 0 Å². The molecule has 1 aliphatic rings. The molecule has 2 aromatic carbocycles. The molecule has 6 nitrogen and oxygen atoms in total. The standard InChI is InChI=1S/C23H28FN3O3/c1-16(2)22(26-21(28)14-17-6-4-3-5-7-17)23(29)25-18-8-9-20(19(24)15-18)27-10-12-30-13-11-27/h3-9,15-16,22H,10-14H2,1-2H3,(H,25,29)(H,26,28). The summed E-state index contributed by atoms with van der Waals surface area (Å²) in [5.74, 6) is -1.13. The topological polar surface area (TPSA) is 70.7 Å². The highest BCUT2D eigenvalue weighted by Gasteiger charge is 2.25. The van der Waals surface area contributed by atoms with E-state index in [0.29, 0.717) is 37.7 Å². The highest BCUT2D eigenvalue weighted by atomic mass is 19.1. The van der Waals surface area contributed by atoms with Crippen molar-refractivity contribution < 1.29 is 18.7 Å². The van der Waals surface area contributed by atoms with Gasteiger partial charge in [-0.2, -0.15) is 0 Å². The Balaban J connectivity index is 1.63. The predicted octanol–water partition coefficient (Wildman–Crippen LogP) is 2.98. The molecule has 2 N–H and O–H groups in total. The summed E-state index contributed by atoms with van der Waals surface area (Å²) in [6.45, 7) is 6.11. The van der Waals surface area contributed by atoms with Crippen LogP contribution in [0, 0.1) is 11.7 Å². The van der Waals surface area contributed by atoms with E-state index in [1.807, 2.05) is 49.1 Å². The molecule has 7 heteroatoms. The first-order valence-electron chi connectivity index (χ1n) is 10.2. The minimum absolute atomic E-state index is 0.123. The summed E-state index contributed by atoms with van der Waals surface area (Å²) in [5, 5.41) is 5.52. The maximum absolute atomic E-state index is 14.6. The lowest BCUT2D eigenvalue weighted by Gasteiger charge is -2.29. The van der Waals surface area contributed by atoms with Gasteiger partial charge in [-0.25, -0.2) is 4.39 Å². The van der Waals surface area contributed by atoms with Gasteiger partial charge in [-0.3, -0.25) is 9.59 Å². The van der Waals surface area contributed by atoms with Crippen LogP contribution in [0.25, 0.3) is 0 Å². The van der Waals surface area contributed by atoms with Gasteiger partial charge in [-0.05, 0) is 29.7 Å². The quantitative estimate of drug-likeness (QED) is 0.732. The Kier molecular flexibility index (Phi) is 7.41. The number of amides is 2. The molecule has 2 aromatic rings. The second-order valence-electron chi connectivity index (χ2n) is 7.71.